The molecule has 0 aliphatic heterocycles. The highest BCUT2D eigenvalue weighted by Crippen LogP contribution is 2.30. The van der Waals surface area contributed by atoms with Gasteiger partial charge < -0.3 is 19.5 Å². The van der Waals surface area contributed by atoms with E-state index in [9.17, 15) is 9.59 Å². The van der Waals surface area contributed by atoms with Crippen LogP contribution in [0.4, 0.5) is 16.3 Å². The third-order valence-electron chi connectivity index (χ3n) is 4.57. The molecular formula is C24H20ClN3O5. The molecule has 0 fully saturated rings. The second-order valence-electron chi connectivity index (χ2n) is 7.34. The Kier molecular flexibility index (Phi) is 6.55. The van der Waals surface area contributed by atoms with Crippen molar-refractivity contribution in [3.8, 4) is 0 Å². The predicted octanol–water partition coefficient (Wildman–Crippen LogP) is 5.86. The van der Waals surface area contributed by atoms with Gasteiger partial charge in [-0.25, -0.2) is 14.6 Å². The first-order valence-corrected chi connectivity index (χ1v) is 10.5. The van der Waals surface area contributed by atoms with E-state index in [-0.39, 0.29) is 11.7 Å². The van der Waals surface area contributed by atoms with Crippen molar-refractivity contribution in [2.75, 3.05) is 12.1 Å². The van der Waals surface area contributed by atoms with E-state index in [4.69, 9.17) is 30.8 Å². The van der Waals surface area contributed by atoms with Crippen molar-refractivity contribution in [3.05, 3.63) is 71.4 Å². The van der Waals surface area contributed by atoms with E-state index in [1.165, 1.54) is 0 Å². The molecule has 1 N–H and O–H groups in total. The molecule has 0 unspecified atom stereocenters. The number of benzene rings is 2. The topological polar surface area (TPSA) is 99.6 Å². The number of aromatic nitrogens is 2. The lowest BCUT2D eigenvalue weighted by atomic mass is 10.1. The van der Waals surface area contributed by atoms with Gasteiger partial charge in [0.2, 0.25) is 6.79 Å². The Bertz CT molecular complexity index is 1340. The molecule has 0 saturated carbocycles. The van der Waals surface area contributed by atoms with Crippen molar-refractivity contribution in [1.29, 1.82) is 0 Å². The van der Waals surface area contributed by atoms with Gasteiger partial charge in [0, 0.05) is 27.7 Å². The SMILES string of the molecule is CC(C)OC(=O)OCOC(=O)c1ccc2c(c1)nc(Nc1cccc(Cl)c1)c1cccnc12. The minimum Gasteiger partial charge on any atom is -0.431 e. The van der Waals surface area contributed by atoms with Crippen LogP contribution in [0.15, 0.2) is 60.8 Å². The Morgan fingerprint density at radius 2 is 1.88 bits per heavy atom. The summed E-state index contributed by atoms with van der Waals surface area (Å²) >= 11 is 6.10. The second-order valence-corrected chi connectivity index (χ2v) is 7.77. The molecule has 0 aliphatic rings. The zero-order valence-corrected chi connectivity index (χ0v) is 18.6. The average molecular weight is 466 g/mol. The van der Waals surface area contributed by atoms with Gasteiger partial charge in [0.1, 0.15) is 5.82 Å². The summed E-state index contributed by atoms with van der Waals surface area (Å²) in [4.78, 5) is 33.1. The van der Waals surface area contributed by atoms with Crippen LogP contribution in [0.2, 0.25) is 5.02 Å². The van der Waals surface area contributed by atoms with Gasteiger partial charge in [0.25, 0.3) is 0 Å². The first-order valence-electron chi connectivity index (χ1n) is 10.1. The van der Waals surface area contributed by atoms with E-state index >= 15 is 0 Å². The second kappa shape index (κ2) is 9.70. The van der Waals surface area contributed by atoms with Crippen molar-refractivity contribution < 1.29 is 23.8 Å². The summed E-state index contributed by atoms with van der Waals surface area (Å²) in [5.41, 5.74) is 2.28. The van der Waals surface area contributed by atoms with E-state index in [0.29, 0.717) is 16.4 Å². The van der Waals surface area contributed by atoms with Gasteiger partial charge in [-0.05, 0) is 62.4 Å². The van der Waals surface area contributed by atoms with Crippen LogP contribution in [-0.2, 0) is 14.2 Å². The summed E-state index contributed by atoms with van der Waals surface area (Å²) in [7, 11) is 0. The number of nitrogens with one attached hydrogen (secondary N) is 1. The van der Waals surface area contributed by atoms with Crippen LogP contribution in [0.3, 0.4) is 0 Å². The highest BCUT2D eigenvalue weighted by Gasteiger charge is 2.15. The monoisotopic (exact) mass is 465 g/mol. The van der Waals surface area contributed by atoms with Crippen LogP contribution < -0.4 is 5.32 Å². The van der Waals surface area contributed by atoms with Crippen molar-refractivity contribution in [2.45, 2.75) is 20.0 Å². The van der Waals surface area contributed by atoms with Gasteiger partial charge >= 0.3 is 12.1 Å². The summed E-state index contributed by atoms with van der Waals surface area (Å²) in [5, 5.41) is 5.45. The number of anilines is 2. The molecule has 8 nitrogen and oxygen atoms in total. The largest absolute Gasteiger partial charge is 0.511 e. The molecule has 4 rings (SSSR count). The molecule has 168 valence electrons. The van der Waals surface area contributed by atoms with Crippen LogP contribution >= 0.6 is 11.6 Å². The Balaban J connectivity index is 1.62. The van der Waals surface area contributed by atoms with E-state index in [0.717, 1.165) is 22.0 Å². The number of nitrogens with zero attached hydrogens (tertiary/aromatic N) is 2. The van der Waals surface area contributed by atoms with Crippen molar-refractivity contribution in [2.24, 2.45) is 0 Å². The number of carbonyl (C=O) groups is 2. The number of pyridine rings is 2. The number of fused-ring (bicyclic) bond motifs is 3. The lowest BCUT2D eigenvalue weighted by Crippen LogP contribution is -2.16. The Hall–Kier alpha value is -3.91. The molecule has 2 heterocycles. The zero-order valence-electron chi connectivity index (χ0n) is 17.9. The van der Waals surface area contributed by atoms with Crippen LogP contribution in [0.25, 0.3) is 21.8 Å². The number of ether oxygens (including phenoxy) is 3. The van der Waals surface area contributed by atoms with Crippen LogP contribution in [0.5, 0.6) is 0 Å². The van der Waals surface area contributed by atoms with Gasteiger partial charge in [-0.2, -0.15) is 0 Å². The Morgan fingerprint density at radius 1 is 1.03 bits per heavy atom. The first kappa shape index (κ1) is 22.3. The summed E-state index contributed by atoms with van der Waals surface area (Å²) in [5.74, 6) is -0.0975. The zero-order chi connectivity index (χ0) is 23.4. The molecule has 2 aromatic heterocycles. The summed E-state index contributed by atoms with van der Waals surface area (Å²) in [6.07, 6.45) is 0.450. The number of esters is 1. The van der Waals surface area contributed by atoms with Crippen molar-refractivity contribution >= 4 is 57.0 Å². The lowest BCUT2D eigenvalue weighted by molar-refractivity contribution is -0.0344. The smallest absolute Gasteiger partial charge is 0.431 e. The van der Waals surface area contributed by atoms with Gasteiger partial charge in [-0.3, -0.25) is 4.98 Å². The Morgan fingerprint density at radius 3 is 2.67 bits per heavy atom. The van der Waals surface area contributed by atoms with E-state index in [1.54, 1.807) is 50.4 Å². The fourth-order valence-corrected chi connectivity index (χ4v) is 3.37. The van der Waals surface area contributed by atoms with Gasteiger partial charge in [-0.1, -0.05) is 17.7 Å². The van der Waals surface area contributed by atoms with E-state index in [2.05, 4.69) is 10.3 Å². The quantitative estimate of drug-likeness (QED) is 0.215. The third kappa shape index (κ3) is 5.30. The molecule has 9 heteroatoms. The highest BCUT2D eigenvalue weighted by molar-refractivity contribution is 6.30. The van der Waals surface area contributed by atoms with E-state index < -0.39 is 18.9 Å². The van der Waals surface area contributed by atoms with Crippen LogP contribution in [-0.4, -0.2) is 35.0 Å². The van der Waals surface area contributed by atoms with Crippen LogP contribution in [0, 0.1) is 0 Å². The third-order valence-corrected chi connectivity index (χ3v) is 4.80. The fraction of sp³-hybridized carbons (Fsp3) is 0.167. The molecule has 0 aliphatic carbocycles. The fourth-order valence-electron chi connectivity index (χ4n) is 3.18. The summed E-state index contributed by atoms with van der Waals surface area (Å²) in [6.45, 7) is 2.81. The van der Waals surface area contributed by atoms with Gasteiger partial charge in [0.15, 0.2) is 0 Å². The molecule has 2 aromatic carbocycles. The highest BCUT2D eigenvalue weighted by atomic mass is 35.5. The maximum absolute atomic E-state index is 12.4. The predicted molar refractivity (Wildman–Crippen MR) is 125 cm³/mol. The minimum absolute atomic E-state index is 0.250. The van der Waals surface area contributed by atoms with E-state index in [1.807, 2.05) is 24.3 Å². The van der Waals surface area contributed by atoms with Gasteiger partial charge in [-0.15, -0.1) is 0 Å². The molecule has 0 radical (unpaired) electrons. The Labute approximate surface area is 194 Å². The number of rotatable bonds is 6. The number of hydrogen-bond donors (Lipinski definition) is 1. The molecule has 0 amide bonds. The van der Waals surface area contributed by atoms with Crippen molar-refractivity contribution in [3.63, 3.8) is 0 Å². The summed E-state index contributed by atoms with van der Waals surface area (Å²) in [6, 6.07) is 16.0. The first-order chi connectivity index (χ1) is 15.9. The number of carbonyl (C=O) groups excluding carboxylic acids is 2. The lowest BCUT2D eigenvalue weighted by Gasteiger charge is -2.12. The molecule has 0 atom stereocenters. The standard InChI is InChI=1S/C24H20ClN3O5/c1-14(2)33-24(30)32-13-31-23(29)15-8-9-18-20(11-15)28-22(19-7-4-10-26-21(18)19)27-17-6-3-5-16(25)12-17/h3-12,14H,13H2,1-2H3,(H,27,28). The maximum Gasteiger partial charge on any atom is 0.511 e. The number of halogens is 1. The van der Waals surface area contributed by atoms with Gasteiger partial charge in [0.05, 0.1) is 22.7 Å². The van der Waals surface area contributed by atoms with Crippen LogP contribution in [0.1, 0.15) is 24.2 Å². The molecule has 0 saturated heterocycles. The molecule has 0 bridgehead atoms. The molecule has 33 heavy (non-hydrogen) atoms. The maximum atomic E-state index is 12.4. The van der Waals surface area contributed by atoms with Crippen molar-refractivity contribution in [1.82, 2.24) is 9.97 Å². The minimum atomic E-state index is -0.910. The normalized spacial score (nSPS) is 10.9. The average Bonchev–Trinajstić information content (AvgIpc) is 2.78. The molecule has 0 spiro atoms. The number of hydrogen-bond acceptors (Lipinski definition) is 8. The molecular weight excluding hydrogens is 446 g/mol. The summed E-state index contributed by atoms with van der Waals surface area (Å²) < 4.78 is 14.6. The molecule has 4 aromatic rings.